The molecular weight excluding hydrogens is 198 g/mol. The van der Waals surface area contributed by atoms with Crippen molar-refractivity contribution in [3.05, 3.63) is 45.5 Å². The fourth-order valence-corrected chi connectivity index (χ4v) is 1.56. The van der Waals surface area contributed by atoms with Crippen molar-refractivity contribution in [3.8, 4) is 0 Å². The van der Waals surface area contributed by atoms with Gasteiger partial charge in [-0.05, 0) is 11.6 Å². The maximum Gasteiger partial charge on any atom is 0.320 e. The van der Waals surface area contributed by atoms with E-state index in [1.165, 1.54) is 0 Å². The van der Waals surface area contributed by atoms with E-state index >= 15 is 0 Å². The lowest BCUT2D eigenvalue weighted by atomic mass is 10.1. The van der Waals surface area contributed by atoms with E-state index in [0.29, 0.717) is 12.1 Å². The average molecular weight is 207 g/mol. The molecule has 0 aromatic heterocycles. The fraction of sp³-hybridized carbons (Fsp3) is 0.222. The molecule has 6 heteroatoms. The topological polar surface area (TPSA) is 84.3 Å². The normalized spacial score (nSPS) is 19.5. The zero-order valence-electron chi connectivity index (χ0n) is 7.77. The van der Waals surface area contributed by atoms with Crippen molar-refractivity contribution in [1.29, 1.82) is 0 Å². The molecule has 0 bridgehead atoms. The van der Waals surface area contributed by atoms with Crippen LogP contribution in [-0.2, 0) is 6.54 Å². The maximum atomic E-state index is 11.1. The Balaban J connectivity index is 2.46. The highest BCUT2D eigenvalue weighted by Gasteiger charge is 2.29. The summed E-state index contributed by atoms with van der Waals surface area (Å²) in [4.78, 5) is 21.4. The van der Waals surface area contributed by atoms with Gasteiger partial charge in [0, 0.05) is 6.54 Å². The van der Waals surface area contributed by atoms with Gasteiger partial charge in [0.05, 0.1) is 10.5 Å². The molecule has 1 aliphatic rings. The minimum absolute atomic E-state index is 0.312. The number of benzene rings is 1. The second kappa shape index (κ2) is 3.56. The van der Waals surface area contributed by atoms with E-state index in [2.05, 4.69) is 10.6 Å². The number of fused-ring (bicyclic) bond motifs is 1. The summed E-state index contributed by atoms with van der Waals surface area (Å²) in [6.07, 6.45) is -1.16. The van der Waals surface area contributed by atoms with Gasteiger partial charge in [0.15, 0.2) is 0 Å². The van der Waals surface area contributed by atoms with E-state index < -0.39 is 17.1 Å². The Bertz CT molecular complexity index is 419. The van der Waals surface area contributed by atoms with Gasteiger partial charge in [0.2, 0.25) is 0 Å². The Kier molecular flexibility index (Phi) is 2.24. The monoisotopic (exact) mass is 207 g/mol. The Labute approximate surface area is 85.4 Å². The maximum absolute atomic E-state index is 11.1. The van der Waals surface area contributed by atoms with Crippen LogP contribution in [0.5, 0.6) is 0 Å². The van der Waals surface area contributed by atoms with Crippen molar-refractivity contribution in [2.24, 2.45) is 0 Å². The summed E-state index contributed by atoms with van der Waals surface area (Å²) in [5.74, 6) is 0. The van der Waals surface area contributed by atoms with Crippen LogP contribution in [0.25, 0.3) is 0 Å². The molecule has 15 heavy (non-hydrogen) atoms. The van der Waals surface area contributed by atoms with Crippen molar-refractivity contribution in [3.63, 3.8) is 0 Å². The summed E-state index contributed by atoms with van der Waals surface area (Å²) < 4.78 is 0. The van der Waals surface area contributed by atoms with E-state index in [0.717, 1.165) is 5.56 Å². The zero-order chi connectivity index (χ0) is 10.8. The lowest BCUT2D eigenvalue weighted by Gasteiger charge is -2.09. The summed E-state index contributed by atoms with van der Waals surface area (Å²) in [7, 11) is 0. The van der Waals surface area contributed by atoms with Crippen LogP contribution in [0, 0.1) is 10.1 Å². The molecule has 6 nitrogen and oxygen atoms in total. The van der Waals surface area contributed by atoms with Crippen molar-refractivity contribution < 1.29 is 9.72 Å². The van der Waals surface area contributed by atoms with Crippen LogP contribution in [0.3, 0.4) is 0 Å². The highest BCUT2D eigenvalue weighted by atomic mass is 16.6. The van der Waals surface area contributed by atoms with Gasteiger partial charge in [0.1, 0.15) is 0 Å². The van der Waals surface area contributed by atoms with Gasteiger partial charge in [-0.2, -0.15) is 0 Å². The largest absolute Gasteiger partial charge is 0.334 e. The molecule has 1 aromatic carbocycles. The van der Waals surface area contributed by atoms with Gasteiger partial charge in [-0.1, -0.05) is 18.2 Å². The van der Waals surface area contributed by atoms with Crippen LogP contribution in [-0.4, -0.2) is 11.0 Å². The Morgan fingerprint density at radius 1 is 1.40 bits per heavy atom. The van der Waals surface area contributed by atoms with Crippen LogP contribution in [0.1, 0.15) is 17.3 Å². The highest BCUT2D eigenvalue weighted by Crippen LogP contribution is 2.20. The number of carbonyl (C=O) groups is 1. The van der Waals surface area contributed by atoms with Crippen molar-refractivity contribution in [1.82, 2.24) is 10.6 Å². The Morgan fingerprint density at radius 2 is 2.13 bits per heavy atom. The number of amides is 2. The molecule has 1 unspecified atom stereocenters. The molecule has 0 fully saturated rings. The van der Waals surface area contributed by atoms with E-state index in [1.54, 1.807) is 24.3 Å². The third-order valence-corrected chi connectivity index (χ3v) is 2.27. The lowest BCUT2D eigenvalue weighted by Crippen LogP contribution is -2.37. The van der Waals surface area contributed by atoms with E-state index in [1.807, 2.05) is 0 Å². The van der Waals surface area contributed by atoms with Crippen LogP contribution < -0.4 is 10.6 Å². The third-order valence-electron chi connectivity index (χ3n) is 2.27. The van der Waals surface area contributed by atoms with Crippen molar-refractivity contribution in [2.75, 3.05) is 0 Å². The van der Waals surface area contributed by atoms with Gasteiger partial charge < -0.3 is 5.32 Å². The average Bonchev–Trinajstić information content (AvgIpc) is 2.39. The minimum Gasteiger partial charge on any atom is -0.334 e. The van der Waals surface area contributed by atoms with Crippen molar-refractivity contribution >= 4 is 6.03 Å². The van der Waals surface area contributed by atoms with Crippen LogP contribution >= 0.6 is 0 Å². The number of hydrogen-bond donors (Lipinski definition) is 2. The molecule has 0 saturated carbocycles. The van der Waals surface area contributed by atoms with E-state index in [-0.39, 0.29) is 0 Å². The predicted octanol–water partition coefficient (Wildman–Crippen LogP) is 0.775. The molecule has 1 heterocycles. The van der Waals surface area contributed by atoms with Gasteiger partial charge in [-0.15, -0.1) is 0 Å². The van der Waals surface area contributed by atoms with Crippen LogP contribution in [0.4, 0.5) is 4.79 Å². The second-order valence-corrected chi connectivity index (χ2v) is 3.21. The summed E-state index contributed by atoms with van der Waals surface area (Å²) >= 11 is 0. The van der Waals surface area contributed by atoms with Gasteiger partial charge in [-0.25, -0.2) is 4.79 Å². The standard InChI is InChI=1S/C9H9N3O3/c13-9-10-5-6-3-1-2-4-7(6)8(11-9)12(14)15/h1-4,8H,5H2,(H2,10,11,13). The number of nitro groups is 1. The first-order valence-corrected chi connectivity index (χ1v) is 4.44. The molecule has 2 N–H and O–H groups in total. The van der Waals surface area contributed by atoms with Gasteiger partial charge in [0.25, 0.3) is 0 Å². The summed E-state index contributed by atoms with van der Waals surface area (Å²) in [5, 5.41) is 15.6. The summed E-state index contributed by atoms with van der Waals surface area (Å²) in [6, 6.07) is 6.39. The molecule has 0 spiro atoms. The van der Waals surface area contributed by atoms with Gasteiger partial charge in [-0.3, -0.25) is 15.4 Å². The third kappa shape index (κ3) is 1.74. The predicted molar refractivity (Wildman–Crippen MR) is 51.5 cm³/mol. The SMILES string of the molecule is O=C1NCc2ccccc2C([N+](=O)[O-])N1. The Hall–Kier alpha value is -2.11. The summed E-state index contributed by atoms with van der Waals surface area (Å²) in [5.41, 5.74) is 1.29. The Morgan fingerprint density at radius 3 is 2.87 bits per heavy atom. The highest BCUT2D eigenvalue weighted by molar-refractivity contribution is 5.75. The zero-order valence-corrected chi connectivity index (χ0v) is 7.77. The first-order valence-electron chi connectivity index (χ1n) is 4.44. The molecule has 2 amide bonds. The smallest absolute Gasteiger partial charge is 0.320 e. The molecule has 0 aliphatic carbocycles. The van der Waals surface area contributed by atoms with Gasteiger partial charge >= 0.3 is 12.2 Å². The number of carbonyl (C=O) groups excluding carboxylic acids is 1. The van der Waals surface area contributed by atoms with Crippen LogP contribution in [0.2, 0.25) is 0 Å². The first kappa shape index (κ1) is 9.45. The molecule has 1 aromatic rings. The minimum atomic E-state index is -1.16. The molecule has 1 aliphatic heterocycles. The number of nitrogens with zero attached hydrogens (tertiary/aromatic N) is 1. The van der Waals surface area contributed by atoms with Crippen molar-refractivity contribution in [2.45, 2.75) is 12.7 Å². The number of hydrogen-bond acceptors (Lipinski definition) is 3. The van der Waals surface area contributed by atoms with E-state index in [9.17, 15) is 14.9 Å². The fourth-order valence-electron chi connectivity index (χ4n) is 1.56. The quantitative estimate of drug-likeness (QED) is 0.527. The van der Waals surface area contributed by atoms with Crippen LogP contribution in [0.15, 0.2) is 24.3 Å². The second-order valence-electron chi connectivity index (χ2n) is 3.21. The molecule has 2 rings (SSSR count). The number of rotatable bonds is 1. The summed E-state index contributed by atoms with van der Waals surface area (Å²) in [6.45, 7) is 0.312. The molecule has 78 valence electrons. The molecule has 0 radical (unpaired) electrons. The molecular formula is C9H9N3O3. The lowest BCUT2D eigenvalue weighted by molar-refractivity contribution is -0.533. The first-order chi connectivity index (χ1) is 7.18. The van der Waals surface area contributed by atoms with E-state index in [4.69, 9.17) is 0 Å². The molecule has 0 saturated heterocycles. The molecule has 1 atom stereocenters. The number of urea groups is 1. The number of nitrogens with one attached hydrogen (secondary N) is 2.